The van der Waals surface area contributed by atoms with E-state index in [2.05, 4.69) is 20.0 Å². The van der Waals surface area contributed by atoms with E-state index < -0.39 is 10.0 Å². The van der Waals surface area contributed by atoms with Crippen LogP contribution in [-0.4, -0.2) is 58.7 Å². The van der Waals surface area contributed by atoms with E-state index in [4.69, 9.17) is 11.6 Å². The summed E-state index contributed by atoms with van der Waals surface area (Å²) in [5, 5.41) is 5.90. The molecule has 31 heavy (non-hydrogen) atoms. The molecule has 0 bridgehead atoms. The van der Waals surface area contributed by atoms with Gasteiger partial charge in [-0.3, -0.25) is 0 Å². The molecule has 1 fully saturated rings. The van der Waals surface area contributed by atoms with Crippen molar-refractivity contribution in [2.24, 2.45) is 0 Å². The third-order valence-electron chi connectivity index (χ3n) is 5.32. The lowest BCUT2D eigenvalue weighted by molar-refractivity contribution is 0.384. The van der Waals surface area contributed by atoms with E-state index in [9.17, 15) is 8.42 Å². The van der Waals surface area contributed by atoms with Gasteiger partial charge in [0.05, 0.1) is 22.2 Å². The third kappa shape index (κ3) is 3.65. The molecule has 10 heteroatoms. The van der Waals surface area contributed by atoms with Crippen molar-refractivity contribution in [2.45, 2.75) is 4.90 Å². The Morgan fingerprint density at radius 2 is 1.68 bits per heavy atom. The third-order valence-corrected chi connectivity index (χ3v) is 7.46. The Labute approximate surface area is 184 Å². The van der Waals surface area contributed by atoms with Gasteiger partial charge in [0, 0.05) is 31.2 Å². The summed E-state index contributed by atoms with van der Waals surface area (Å²) in [7, 11) is -3.50. The zero-order chi connectivity index (χ0) is 21.4. The molecule has 1 aliphatic heterocycles. The first-order chi connectivity index (χ1) is 15.0. The quantitative estimate of drug-likeness (QED) is 0.471. The van der Waals surface area contributed by atoms with Crippen molar-refractivity contribution in [2.75, 3.05) is 31.1 Å². The topological polar surface area (TPSA) is 84.2 Å². The lowest BCUT2D eigenvalue weighted by atomic mass is 10.3. The Hall–Kier alpha value is -3.01. The van der Waals surface area contributed by atoms with Crippen molar-refractivity contribution in [1.29, 1.82) is 0 Å². The zero-order valence-corrected chi connectivity index (χ0v) is 18.0. The Morgan fingerprint density at radius 1 is 0.903 bits per heavy atom. The second kappa shape index (κ2) is 7.92. The summed E-state index contributed by atoms with van der Waals surface area (Å²) >= 11 is 6.12. The molecule has 158 valence electrons. The predicted molar refractivity (Wildman–Crippen MR) is 119 cm³/mol. The largest absolute Gasteiger partial charge is 0.353 e. The molecule has 0 saturated carbocycles. The first kappa shape index (κ1) is 19.9. The van der Waals surface area contributed by atoms with Crippen molar-refractivity contribution < 1.29 is 8.42 Å². The summed E-state index contributed by atoms with van der Waals surface area (Å²) in [6.45, 7) is 1.82. The Kier molecular flexibility index (Phi) is 5.09. The van der Waals surface area contributed by atoms with Crippen molar-refractivity contribution in [3.05, 3.63) is 72.1 Å². The molecule has 4 aromatic rings. The Morgan fingerprint density at radius 3 is 2.42 bits per heavy atom. The number of nitrogens with zero attached hydrogens (tertiary/aromatic N) is 6. The van der Waals surface area contributed by atoms with Gasteiger partial charge in [-0.15, -0.1) is 0 Å². The van der Waals surface area contributed by atoms with Gasteiger partial charge in [0.15, 0.2) is 5.65 Å². The summed E-state index contributed by atoms with van der Waals surface area (Å²) in [5.41, 5.74) is 1.48. The molecule has 0 unspecified atom stereocenters. The molecule has 2 aromatic carbocycles. The number of fused-ring (bicyclic) bond motifs is 1. The standard InChI is InChI=1S/C21H19ClN6O2S/c22-16-5-4-6-17(13-16)28-21-19(14-25-28)20(23-15-24-21)26-9-11-27(12-10-26)31(29,30)18-7-2-1-3-8-18/h1-8,13-15H,9-12H2. The lowest BCUT2D eigenvalue weighted by Crippen LogP contribution is -2.49. The molecule has 5 rings (SSSR count). The van der Waals surface area contributed by atoms with Gasteiger partial charge in [-0.1, -0.05) is 35.9 Å². The first-order valence-corrected chi connectivity index (χ1v) is 11.6. The molecular formula is C21H19ClN6O2S. The van der Waals surface area contributed by atoms with E-state index in [0.717, 1.165) is 16.9 Å². The molecule has 0 spiro atoms. The number of rotatable bonds is 4. The van der Waals surface area contributed by atoms with Crippen LogP contribution in [0.5, 0.6) is 0 Å². The van der Waals surface area contributed by atoms with E-state index in [-0.39, 0.29) is 0 Å². The average Bonchev–Trinajstić information content (AvgIpc) is 3.24. The summed E-state index contributed by atoms with van der Waals surface area (Å²) in [6.07, 6.45) is 3.24. The van der Waals surface area contributed by atoms with Gasteiger partial charge < -0.3 is 4.90 Å². The van der Waals surface area contributed by atoms with Crippen molar-refractivity contribution >= 4 is 38.5 Å². The number of sulfonamides is 1. The summed E-state index contributed by atoms with van der Waals surface area (Å²) in [5.74, 6) is 0.745. The Balaban J connectivity index is 1.41. The minimum absolute atomic E-state index is 0.315. The first-order valence-electron chi connectivity index (χ1n) is 9.79. The maximum Gasteiger partial charge on any atom is 0.243 e. The fraction of sp³-hybridized carbons (Fsp3) is 0.190. The van der Waals surface area contributed by atoms with Crippen LogP contribution in [0.3, 0.4) is 0 Å². The van der Waals surface area contributed by atoms with Gasteiger partial charge in [-0.2, -0.15) is 9.40 Å². The van der Waals surface area contributed by atoms with Crippen LogP contribution in [0.4, 0.5) is 5.82 Å². The minimum Gasteiger partial charge on any atom is -0.353 e. The summed E-state index contributed by atoms with van der Waals surface area (Å²) < 4.78 is 29.0. The number of anilines is 1. The highest BCUT2D eigenvalue weighted by Gasteiger charge is 2.29. The minimum atomic E-state index is -3.50. The summed E-state index contributed by atoms with van der Waals surface area (Å²) in [6, 6.07) is 15.9. The fourth-order valence-corrected chi connectivity index (χ4v) is 5.39. The van der Waals surface area contributed by atoms with Gasteiger partial charge in [-0.05, 0) is 30.3 Å². The smallest absolute Gasteiger partial charge is 0.243 e. The number of halogens is 1. The molecule has 0 atom stereocenters. The van der Waals surface area contributed by atoms with Crippen molar-refractivity contribution in [3.8, 4) is 5.69 Å². The van der Waals surface area contributed by atoms with E-state index in [1.165, 1.54) is 10.6 Å². The van der Waals surface area contributed by atoms with Gasteiger partial charge in [-0.25, -0.2) is 23.1 Å². The van der Waals surface area contributed by atoms with Crippen LogP contribution in [0.25, 0.3) is 16.7 Å². The lowest BCUT2D eigenvalue weighted by Gasteiger charge is -2.34. The van der Waals surface area contributed by atoms with Crippen LogP contribution in [0, 0.1) is 0 Å². The maximum absolute atomic E-state index is 12.9. The number of hydrogen-bond acceptors (Lipinski definition) is 6. The van der Waals surface area contributed by atoms with E-state index >= 15 is 0 Å². The molecule has 8 nitrogen and oxygen atoms in total. The molecule has 0 amide bonds. The summed E-state index contributed by atoms with van der Waals surface area (Å²) in [4.78, 5) is 11.3. The molecular weight excluding hydrogens is 436 g/mol. The highest BCUT2D eigenvalue weighted by molar-refractivity contribution is 7.89. The molecule has 0 aliphatic carbocycles. The van der Waals surface area contributed by atoms with Gasteiger partial charge in [0.1, 0.15) is 12.1 Å². The normalized spacial score (nSPS) is 15.5. The van der Waals surface area contributed by atoms with Gasteiger partial charge >= 0.3 is 0 Å². The van der Waals surface area contributed by atoms with Crippen molar-refractivity contribution in [3.63, 3.8) is 0 Å². The number of hydrogen-bond donors (Lipinski definition) is 0. The fourth-order valence-electron chi connectivity index (χ4n) is 3.76. The monoisotopic (exact) mass is 454 g/mol. The van der Waals surface area contributed by atoms with E-state index in [1.807, 2.05) is 18.2 Å². The van der Waals surface area contributed by atoms with Gasteiger partial charge in [0.2, 0.25) is 10.0 Å². The SMILES string of the molecule is O=S(=O)(c1ccccc1)N1CCN(c2ncnc3c2cnn3-c2cccc(Cl)c2)CC1. The second-order valence-electron chi connectivity index (χ2n) is 7.17. The average molecular weight is 455 g/mol. The zero-order valence-electron chi connectivity index (χ0n) is 16.5. The molecule has 3 heterocycles. The van der Waals surface area contributed by atoms with Crippen LogP contribution in [0.15, 0.2) is 72.0 Å². The number of aromatic nitrogens is 4. The number of piperazine rings is 1. The molecule has 2 aromatic heterocycles. The van der Waals surface area contributed by atoms with Crippen molar-refractivity contribution in [1.82, 2.24) is 24.1 Å². The predicted octanol–water partition coefficient (Wildman–Crippen LogP) is 2.98. The second-order valence-corrected chi connectivity index (χ2v) is 9.55. The number of benzene rings is 2. The van der Waals surface area contributed by atoms with Crippen LogP contribution < -0.4 is 4.90 Å². The molecule has 1 aliphatic rings. The highest BCUT2D eigenvalue weighted by Crippen LogP contribution is 2.27. The van der Waals surface area contributed by atoms with Gasteiger partial charge in [0.25, 0.3) is 0 Å². The van der Waals surface area contributed by atoms with Crippen LogP contribution in [0.1, 0.15) is 0 Å². The van der Waals surface area contributed by atoms with Crippen LogP contribution >= 0.6 is 11.6 Å². The molecule has 0 radical (unpaired) electrons. The maximum atomic E-state index is 12.9. The van der Waals surface area contributed by atoms with Crippen LogP contribution in [0.2, 0.25) is 5.02 Å². The molecule has 1 saturated heterocycles. The highest BCUT2D eigenvalue weighted by atomic mass is 35.5. The van der Waals surface area contributed by atoms with Crippen LogP contribution in [-0.2, 0) is 10.0 Å². The Bertz CT molecular complexity index is 1330. The van der Waals surface area contributed by atoms with E-state index in [0.29, 0.717) is 41.7 Å². The van der Waals surface area contributed by atoms with E-state index in [1.54, 1.807) is 47.3 Å². The molecule has 0 N–H and O–H groups in total.